The van der Waals surface area contributed by atoms with Gasteiger partial charge in [-0.15, -0.1) is 11.3 Å². The largest absolute Gasteiger partial charge is 0.465 e. The Bertz CT molecular complexity index is 859. The first-order valence-corrected chi connectivity index (χ1v) is 9.41. The zero-order valence-electron chi connectivity index (χ0n) is 12.8. The summed E-state index contributed by atoms with van der Waals surface area (Å²) >= 11 is 1.03. The first-order valence-electron chi connectivity index (χ1n) is 7.05. The molecule has 0 aliphatic carbocycles. The number of fused-ring (bicyclic) bond motifs is 1. The Balaban J connectivity index is 1.66. The van der Waals surface area contributed by atoms with Crippen LogP contribution in [0.1, 0.15) is 15.2 Å². The molecule has 1 aliphatic heterocycles. The number of nitrogens with one attached hydrogen (secondary N) is 1. The lowest BCUT2D eigenvalue weighted by Gasteiger charge is -2.07. The van der Waals surface area contributed by atoms with Crippen molar-refractivity contribution in [2.24, 2.45) is 0 Å². The summed E-state index contributed by atoms with van der Waals surface area (Å²) in [6, 6.07) is 6.85. The highest BCUT2D eigenvalue weighted by Gasteiger charge is 2.24. The number of benzene rings is 1. The van der Waals surface area contributed by atoms with Gasteiger partial charge in [-0.1, -0.05) is 6.07 Å². The van der Waals surface area contributed by atoms with Crippen molar-refractivity contribution in [3.8, 4) is 11.5 Å². The molecule has 24 heavy (non-hydrogen) atoms. The van der Waals surface area contributed by atoms with Crippen molar-refractivity contribution >= 4 is 27.3 Å². The number of sulfonamides is 1. The summed E-state index contributed by atoms with van der Waals surface area (Å²) in [6.45, 7) is 0.387. The second-order valence-corrected chi connectivity index (χ2v) is 7.59. The lowest BCUT2D eigenvalue weighted by molar-refractivity contribution is 0.0602. The number of hydrogen-bond acceptors (Lipinski definition) is 7. The Morgan fingerprint density at radius 1 is 1.29 bits per heavy atom. The predicted octanol–water partition coefficient (Wildman–Crippen LogP) is 1.78. The third-order valence-corrected chi connectivity index (χ3v) is 5.96. The first kappa shape index (κ1) is 16.7. The molecule has 128 valence electrons. The molecule has 7 nitrogen and oxygen atoms in total. The molecule has 0 spiro atoms. The lowest BCUT2D eigenvalue weighted by Crippen LogP contribution is -2.27. The summed E-state index contributed by atoms with van der Waals surface area (Å²) in [5, 5.41) is 1.54. The fraction of sp³-hybridized carbons (Fsp3) is 0.267. The fourth-order valence-corrected chi connectivity index (χ4v) is 4.62. The van der Waals surface area contributed by atoms with Crippen molar-refractivity contribution in [1.29, 1.82) is 0 Å². The normalized spacial score (nSPS) is 13.0. The molecular weight excluding hydrogens is 354 g/mol. The number of esters is 1. The van der Waals surface area contributed by atoms with Crippen molar-refractivity contribution in [3.05, 3.63) is 40.1 Å². The van der Waals surface area contributed by atoms with Crippen molar-refractivity contribution in [1.82, 2.24) is 4.72 Å². The molecule has 9 heteroatoms. The minimum atomic E-state index is -3.78. The summed E-state index contributed by atoms with van der Waals surface area (Å²) in [5.74, 6) is 0.669. The molecule has 3 rings (SSSR count). The molecular formula is C15H15NO6S2. The molecule has 0 atom stereocenters. The second kappa shape index (κ2) is 6.80. The quantitative estimate of drug-likeness (QED) is 0.781. The van der Waals surface area contributed by atoms with Crippen LogP contribution in [0, 0.1) is 0 Å². The standard InChI is InChI=1S/C15H15NO6S2/c1-20-15(17)14-13(5-7-23-14)24(18,19)16-6-4-10-2-3-11-12(8-10)22-9-21-11/h2-3,5,7-8,16H,4,6,9H2,1H3. The van der Waals surface area contributed by atoms with Crippen LogP contribution in [0.2, 0.25) is 0 Å². The molecule has 2 heterocycles. The highest BCUT2D eigenvalue weighted by atomic mass is 32.2. The van der Waals surface area contributed by atoms with Gasteiger partial charge >= 0.3 is 5.97 Å². The van der Waals surface area contributed by atoms with E-state index in [1.54, 1.807) is 11.4 Å². The van der Waals surface area contributed by atoms with Crippen LogP contribution in [0.3, 0.4) is 0 Å². The molecule has 1 N–H and O–H groups in total. The van der Waals surface area contributed by atoms with Crippen LogP contribution in [0.25, 0.3) is 0 Å². The molecule has 2 aromatic rings. The van der Waals surface area contributed by atoms with Gasteiger partial charge in [0.1, 0.15) is 9.77 Å². The molecule has 0 bridgehead atoms. The van der Waals surface area contributed by atoms with E-state index >= 15 is 0 Å². The Morgan fingerprint density at radius 3 is 2.88 bits per heavy atom. The number of thiophene rings is 1. The smallest absolute Gasteiger partial charge is 0.349 e. The van der Waals surface area contributed by atoms with E-state index in [2.05, 4.69) is 9.46 Å². The van der Waals surface area contributed by atoms with E-state index in [4.69, 9.17) is 9.47 Å². The van der Waals surface area contributed by atoms with Crippen molar-refractivity contribution in [2.75, 3.05) is 20.4 Å². The average molecular weight is 369 g/mol. The topological polar surface area (TPSA) is 90.9 Å². The molecule has 0 saturated carbocycles. The minimum absolute atomic E-state index is 0.0630. The maximum atomic E-state index is 12.4. The van der Waals surface area contributed by atoms with Gasteiger partial charge in [0.15, 0.2) is 11.5 Å². The van der Waals surface area contributed by atoms with E-state index < -0.39 is 16.0 Å². The zero-order chi connectivity index (χ0) is 17.2. The van der Waals surface area contributed by atoms with Crippen molar-refractivity contribution in [2.45, 2.75) is 11.3 Å². The van der Waals surface area contributed by atoms with E-state index in [0.29, 0.717) is 17.9 Å². The van der Waals surface area contributed by atoms with Gasteiger partial charge in [-0.25, -0.2) is 17.9 Å². The Morgan fingerprint density at radius 2 is 2.08 bits per heavy atom. The Kier molecular flexibility index (Phi) is 4.74. The highest BCUT2D eigenvalue weighted by Crippen LogP contribution is 2.32. The van der Waals surface area contributed by atoms with E-state index in [0.717, 1.165) is 16.9 Å². The van der Waals surface area contributed by atoms with Gasteiger partial charge in [0.2, 0.25) is 16.8 Å². The molecule has 0 unspecified atom stereocenters. The average Bonchev–Trinajstić information content (AvgIpc) is 3.22. The van der Waals surface area contributed by atoms with E-state index in [1.807, 2.05) is 12.1 Å². The number of carbonyl (C=O) groups excluding carboxylic acids is 1. The molecule has 1 aromatic carbocycles. The van der Waals surface area contributed by atoms with E-state index in [1.165, 1.54) is 13.2 Å². The van der Waals surface area contributed by atoms with Crippen molar-refractivity contribution < 1.29 is 27.4 Å². The number of carbonyl (C=O) groups is 1. The van der Waals surface area contributed by atoms with Gasteiger partial charge in [0.05, 0.1) is 7.11 Å². The number of hydrogen-bond donors (Lipinski definition) is 1. The van der Waals surface area contributed by atoms with Crippen LogP contribution < -0.4 is 14.2 Å². The van der Waals surface area contributed by atoms with Gasteiger partial charge in [-0.05, 0) is 35.6 Å². The highest BCUT2D eigenvalue weighted by molar-refractivity contribution is 7.89. The molecule has 0 radical (unpaired) electrons. The molecule has 0 saturated heterocycles. The molecule has 0 amide bonds. The molecule has 1 aromatic heterocycles. The summed E-state index contributed by atoms with van der Waals surface area (Å²) in [6.07, 6.45) is 0.480. The second-order valence-electron chi connectivity index (χ2n) is 4.94. The monoisotopic (exact) mass is 369 g/mol. The van der Waals surface area contributed by atoms with Gasteiger partial charge in [0, 0.05) is 6.54 Å². The maximum absolute atomic E-state index is 12.4. The summed E-state index contributed by atoms with van der Waals surface area (Å²) in [5.41, 5.74) is 0.917. The SMILES string of the molecule is COC(=O)c1sccc1S(=O)(=O)NCCc1ccc2c(c1)OCO2. The Hall–Kier alpha value is -2.10. The lowest BCUT2D eigenvalue weighted by atomic mass is 10.1. The third-order valence-electron chi connectivity index (χ3n) is 3.43. The summed E-state index contributed by atoms with van der Waals surface area (Å²) in [7, 11) is -2.57. The van der Waals surface area contributed by atoms with Crippen LogP contribution >= 0.6 is 11.3 Å². The van der Waals surface area contributed by atoms with Crippen LogP contribution in [0.4, 0.5) is 0 Å². The number of rotatable bonds is 6. The van der Waals surface area contributed by atoms with Crippen LogP contribution in [-0.4, -0.2) is 34.8 Å². The van der Waals surface area contributed by atoms with Crippen LogP contribution in [0.5, 0.6) is 11.5 Å². The minimum Gasteiger partial charge on any atom is -0.465 e. The molecule has 0 fully saturated rings. The zero-order valence-corrected chi connectivity index (χ0v) is 14.4. The van der Waals surface area contributed by atoms with Gasteiger partial charge in [0.25, 0.3) is 0 Å². The Labute approximate surface area is 143 Å². The fourth-order valence-electron chi connectivity index (χ4n) is 2.25. The number of ether oxygens (including phenoxy) is 3. The third kappa shape index (κ3) is 3.37. The van der Waals surface area contributed by atoms with Crippen LogP contribution in [0.15, 0.2) is 34.5 Å². The summed E-state index contributed by atoms with van der Waals surface area (Å²) in [4.78, 5) is 11.6. The van der Waals surface area contributed by atoms with E-state index in [9.17, 15) is 13.2 Å². The predicted molar refractivity (Wildman–Crippen MR) is 87.1 cm³/mol. The van der Waals surface area contributed by atoms with Gasteiger partial charge in [-0.2, -0.15) is 0 Å². The van der Waals surface area contributed by atoms with Crippen LogP contribution in [-0.2, 0) is 21.2 Å². The number of methoxy groups -OCH3 is 1. The molecule has 1 aliphatic rings. The van der Waals surface area contributed by atoms with E-state index in [-0.39, 0.29) is 23.1 Å². The maximum Gasteiger partial charge on any atom is 0.349 e. The van der Waals surface area contributed by atoms with Gasteiger partial charge < -0.3 is 14.2 Å². The summed E-state index contributed by atoms with van der Waals surface area (Å²) < 4.78 is 42.3. The first-order chi connectivity index (χ1) is 11.5. The van der Waals surface area contributed by atoms with Gasteiger partial charge in [-0.3, -0.25) is 0 Å². The van der Waals surface area contributed by atoms with Crippen molar-refractivity contribution in [3.63, 3.8) is 0 Å².